The minimum absolute atomic E-state index is 0.160. The van der Waals surface area contributed by atoms with Gasteiger partial charge in [-0.3, -0.25) is 15.1 Å². The van der Waals surface area contributed by atoms with Crippen molar-refractivity contribution in [2.75, 3.05) is 0 Å². The molecule has 1 aromatic carbocycles. The molecule has 5 nitrogen and oxygen atoms in total. The Morgan fingerprint density at radius 1 is 1.33 bits per heavy atom. The summed E-state index contributed by atoms with van der Waals surface area (Å²) in [7, 11) is 0. The van der Waals surface area contributed by atoms with Crippen LogP contribution in [0.25, 0.3) is 0 Å². The second kappa shape index (κ2) is 5.09. The van der Waals surface area contributed by atoms with Crippen LogP contribution in [-0.4, -0.2) is 9.91 Å². The van der Waals surface area contributed by atoms with Gasteiger partial charge in [-0.05, 0) is 22.0 Å². The molecule has 7 heteroatoms. The monoisotopic (exact) mass is 312 g/mol. The molecule has 2 rings (SSSR count). The number of ether oxygens (including phenoxy) is 1. The lowest BCUT2D eigenvalue weighted by atomic mass is 10.3. The second-order valence-electron chi connectivity index (χ2n) is 3.28. The summed E-state index contributed by atoms with van der Waals surface area (Å²) in [6.07, 6.45) is 2.94. The second-order valence-corrected chi connectivity index (χ2v) is 4.13. The third-order valence-corrected chi connectivity index (χ3v) is 2.67. The van der Waals surface area contributed by atoms with E-state index in [0.29, 0.717) is 10.2 Å². The third kappa shape index (κ3) is 2.62. The van der Waals surface area contributed by atoms with Crippen molar-refractivity contribution in [1.82, 2.24) is 4.98 Å². The van der Waals surface area contributed by atoms with Crippen molar-refractivity contribution >= 4 is 21.6 Å². The topological polar surface area (TPSA) is 65.3 Å². The van der Waals surface area contributed by atoms with Crippen LogP contribution in [0.2, 0.25) is 0 Å². The zero-order valence-corrected chi connectivity index (χ0v) is 10.4. The fraction of sp³-hybridized carbons (Fsp3) is 0. The van der Waals surface area contributed by atoms with Gasteiger partial charge in [-0.15, -0.1) is 0 Å². The fourth-order valence-electron chi connectivity index (χ4n) is 1.28. The van der Waals surface area contributed by atoms with E-state index < -0.39 is 10.7 Å². The van der Waals surface area contributed by atoms with Crippen LogP contribution >= 0.6 is 15.9 Å². The first-order valence-corrected chi connectivity index (χ1v) is 5.58. The van der Waals surface area contributed by atoms with Crippen molar-refractivity contribution in [3.63, 3.8) is 0 Å². The first-order valence-electron chi connectivity index (χ1n) is 4.79. The van der Waals surface area contributed by atoms with E-state index in [1.165, 1.54) is 18.5 Å². The standard InChI is InChI=1S/C11H6BrFN2O3/c12-8-6-14-4-3-10(8)18-11-5-7(13)1-2-9(11)15(16)17/h1-6H. The van der Waals surface area contributed by atoms with E-state index in [4.69, 9.17) is 4.74 Å². The van der Waals surface area contributed by atoms with Crippen LogP contribution in [0.5, 0.6) is 11.5 Å². The normalized spacial score (nSPS) is 10.1. The van der Waals surface area contributed by atoms with E-state index in [2.05, 4.69) is 20.9 Å². The Bertz CT molecular complexity index is 607. The Kier molecular flexibility index (Phi) is 3.52. The van der Waals surface area contributed by atoms with E-state index in [-0.39, 0.29) is 11.4 Å². The van der Waals surface area contributed by atoms with Crippen molar-refractivity contribution < 1.29 is 14.1 Å². The number of rotatable bonds is 3. The molecule has 0 saturated carbocycles. The highest BCUT2D eigenvalue weighted by atomic mass is 79.9. The Hall–Kier alpha value is -2.02. The molecule has 18 heavy (non-hydrogen) atoms. The molecule has 92 valence electrons. The minimum atomic E-state index is -0.635. The lowest BCUT2D eigenvalue weighted by Crippen LogP contribution is -1.94. The number of nitro benzene ring substituents is 1. The van der Waals surface area contributed by atoms with Gasteiger partial charge in [0.25, 0.3) is 0 Å². The maximum absolute atomic E-state index is 13.1. The van der Waals surface area contributed by atoms with E-state index in [9.17, 15) is 14.5 Å². The molecule has 0 radical (unpaired) electrons. The average Bonchev–Trinajstić information content (AvgIpc) is 2.32. The number of nitrogens with zero attached hydrogens (tertiary/aromatic N) is 2. The van der Waals surface area contributed by atoms with E-state index in [1.54, 1.807) is 0 Å². The molecule has 1 heterocycles. The fourth-order valence-corrected chi connectivity index (χ4v) is 1.62. The molecule has 0 fully saturated rings. The summed E-state index contributed by atoms with van der Waals surface area (Å²) in [6.45, 7) is 0. The molecule has 0 aliphatic rings. The lowest BCUT2D eigenvalue weighted by molar-refractivity contribution is -0.385. The number of nitro groups is 1. The number of pyridine rings is 1. The van der Waals surface area contributed by atoms with Crippen LogP contribution < -0.4 is 4.74 Å². The Balaban J connectivity index is 2.42. The van der Waals surface area contributed by atoms with Crippen molar-refractivity contribution in [3.05, 3.63) is 57.1 Å². The number of benzene rings is 1. The molecule has 0 atom stereocenters. The number of hydrogen-bond donors (Lipinski definition) is 0. The zero-order valence-electron chi connectivity index (χ0n) is 8.84. The predicted octanol–water partition coefficient (Wildman–Crippen LogP) is 3.68. The molecule has 0 spiro atoms. The van der Waals surface area contributed by atoms with Gasteiger partial charge in [0.2, 0.25) is 5.75 Å². The predicted molar refractivity (Wildman–Crippen MR) is 65.1 cm³/mol. The summed E-state index contributed by atoms with van der Waals surface area (Å²) in [5.41, 5.74) is -0.305. The first kappa shape index (κ1) is 12.4. The first-order chi connectivity index (χ1) is 8.58. The average molecular weight is 313 g/mol. The SMILES string of the molecule is O=[N+]([O-])c1ccc(F)cc1Oc1ccncc1Br. The molecule has 0 bridgehead atoms. The van der Waals surface area contributed by atoms with E-state index >= 15 is 0 Å². The van der Waals surface area contributed by atoms with Gasteiger partial charge in [-0.2, -0.15) is 0 Å². The summed E-state index contributed by atoms with van der Waals surface area (Å²) >= 11 is 3.18. The maximum Gasteiger partial charge on any atom is 0.311 e. The van der Waals surface area contributed by atoms with E-state index in [1.807, 2.05) is 0 Å². The highest BCUT2D eigenvalue weighted by Gasteiger charge is 2.17. The molecule has 0 aliphatic heterocycles. The molecular weight excluding hydrogens is 307 g/mol. The van der Waals surface area contributed by atoms with Crippen LogP contribution in [0.4, 0.5) is 10.1 Å². The van der Waals surface area contributed by atoms with Crippen molar-refractivity contribution in [2.45, 2.75) is 0 Å². The van der Waals surface area contributed by atoms with Gasteiger partial charge in [-0.1, -0.05) is 0 Å². The Morgan fingerprint density at radius 3 is 2.78 bits per heavy atom. The van der Waals surface area contributed by atoms with Crippen molar-refractivity contribution in [3.8, 4) is 11.5 Å². The quantitative estimate of drug-likeness (QED) is 0.640. The van der Waals surface area contributed by atoms with E-state index in [0.717, 1.165) is 18.2 Å². The van der Waals surface area contributed by atoms with Crippen molar-refractivity contribution in [2.24, 2.45) is 0 Å². The highest BCUT2D eigenvalue weighted by Crippen LogP contribution is 2.34. The largest absolute Gasteiger partial charge is 0.449 e. The number of aromatic nitrogens is 1. The van der Waals surface area contributed by atoms with Crippen molar-refractivity contribution in [1.29, 1.82) is 0 Å². The Labute approximate surface area is 110 Å². The zero-order chi connectivity index (χ0) is 13.1. The molecule has 0 saturated heterocycles. The number of halogens is 2. The summed E-state index contributed by atoms with van der Waals surface area (Å²) in [4.78, 5) is 14.0. The molecule has 0 amide bonds. The maximum atomic E-state index is 13.1. The van der Waals surface area contributed by atoms with Gasteiger partial charge in [0.15, 0.2) is 0 Å². The highest BCUT2D eigenvalue weighted by molar-refractivity contribution is 9.10. The third-order valence-electron chi connectivity index (χ3n) is 2.07. The van der Waals surface area contributed by atoms with Crippen LogP contribution in [-0.2, 0) is 0 Å². The molecule has 1 aromatic heterocycles. The molecule has 0 unspecified atom stereocenters. The smallest absolute Gasteiger partial charge is 0.311 e. The van der Waals surface area contributed by atoms with Gasteiger partial charge < -0.3 is 4.74 Å². The van der Waals surface area contributed by atoms with Gasteiger partial charge in [0.1, 0.15) is 11.6 Å². The van der Waals surface area contributed by atoms with Gasteiger partial charge in [-0.25, -0.2) is 4.39 Å². The summed E-state index contributed by atoms with van der Waals surface area (Å²) in [5.74, 6) is -0.452. The van der Waals surface area contributed by atoms with Gasteiger partial charge >= 0.3 is 5.69 Å². The molecule has 2 aromatic rings. The van der Waals surface area contributed by atoms with Crippen LogP contribution in [0.3, 0.4) is 0 Å². The van der Waals surface area contributed by atoms with Gasteiger partial charge in [0.05, 0.1) is 9.40 Å². The molecular formula is C11H6BrFN2O3. The van der Waals surface area contributed by atoms with Crippen LogP contribution in [0.1, 0.15) is 0 Å². The summed E-state index contributed by atoms with van der Waals surface area (Å²) in [6, 6.07) is 4.54. The molecule has 0 N–H and O–H groups in total. The summed E-state index contributed by atoms with van der Waals surface area (Å²) in [5, 5.41) is 10.8. The Morgan fingerprint density at radius 2 is 2.11 bits per heavy atom. The molecule has 0 aliphatic carbocycles. The van der Waals surface area contributed by atoms with Gasteiger partial charge in [0, 0.05) is 30.6 Å². The lowest BCUT2D eigenvalue weighted by Gasteiger charge is -2.07. The number of hydrogen-bond acceptors (Lipinski definition) is 4. The summed E-state index contributed by atoms with van der Waals surface area (Å²) < 4.78 is 18.9. The minimum Gasteiger partial charge on any atom is -0.449 e. The van der Waals surface area contributed by atoms with Crippen LogP contribution in [0.15, 0.2) is 41.1 Å². The van der Waals surface area contributed by atoms with Crippen LogP contribution in [0, 0.1) is 15.9 Å².